The van der Waals surface area contributed by atoms with Crippen LogP contribution in [0.1, 0.15) is 37.9 Å². The molecule has 2 rings (SSSR count). The molecule has 0 bridgehead atoms. The molecule has 3 atom stereocenters. The van der Waals surface area contributed by atoms with E-state index in [0.29, 0.717) is 5.56 Å². The van der Waals surface area contributed by atoms with Gasteiger partial charge in [0.2, 0.25) is 0 Å². The molecular weight excluding hydrogens is 243 g/mol. The van der Waals surface area contributed by atoms with Gasteiger partial charge in [0, 0.05) is 24.8 Å². The minimum absolute atomic E-state index is 0.176. The number of ether oxygens (including phenoxy) is 1. The molecule has 0 aliphatic carbocycles. The summed E-state index contributed by atoms with van der Waals surface area (Å²) in [6.07, 6.45) is 0.352. The van der Waals surface area contributed by atoms with Gasteiger partial charge in [0.1, 0.15) is 5.82 Å². The molecule has 0 amide bonds. The lowest BCUT2D eigenvalue weighted by molar-refractivity contribution is -0.00528. The molecule has 1 aromatic rings. The molecule has 3 unspecified atom stereocenters. The fourth-order valence-corrected chi connectivity index (χ4v) is 2.69. The maximum absolute atomic E-state index is 13.7. The lowest BCUT2D eigenvalue weighted by Crippen LogP contribution is -2.46. The summed E-state index contributed by atoms with van der Waals surface area (Å²) in [6, 6.07) is 3.29. The van der Waals surface area contributed by atoms with Gasteiger partial charge in [-0.25, -0.2) is 4.39 Å². The first-order chi connectivity index (χ1) is 8.88. The molecule has 1 aliphatic heterocycles. The smallest absolute Gasteiger partial charge is 0.126 e. The summed E-state index contributed by atoms with van der Waals surface area (Å²) in [4.78, 5) is 2.25. The Labute approximate surface area is 114 Å². The molecule has 0 saturated carbocycles. The number of aryl methyl sites for hydroxylation is 1. The summed E-state index contributed by atoms with van der Waals surface area (Å²) >= 11 is 0. The number of halogens is 1. The number of rotatable bonds is 2. The topological polar surface area (TPSA) is 38.5 Å². The van der Waals surface area contributed by atoms with E-state index in [4.69, 9.17) is 10.5 Å². The Morgan fingerprint density at radius 1 is 1.32 bits per heavy atom. The SMILES string of the molecule is Cc1cc(N2CC(C)OC(C)C2)c(C(C)N)cc1F. The average Bonchev–Trinajstić information content (AvgIpc) is 2.30. The molecule has 0 spiro atoms. The lowest BCUT2D eigenvalue weighted by Gasteiger charge is -2.38. The minimum Gasteiger partial charge on any atom is -0.372 e. The fourth-order valence-electron chi connectivity index (χ4n) is 2.69. The van der Waals surface area contributed by atoms with Crippen molar-refractivity contribution in [2.45, 2.75) is 45.9 Å². The van der Waals surface area contributed by atoms with E-state index >= 15 is 0 Å². The molecule has 2 N–H and O–H groups in total. The molecule has 3 nitrogen and oxygen atoms in total. The first-order valence-electron chi connectivity index (χ1n) is 6.84. The third-order valence-corrected chi connectivity index (χ3v) is 3.56. The van der Waals surface area contributed by atoms with E-state index in [1.807, 2.05) is 13.0 Å². The third-order valence-electron chi connectivity index (χ3n) is 3.56. The minimum atomic E-state index is -0.189. The number of hydrogen-bond acceptors (Lipinski definition) is 3. The zero-order valence-corrected chi connectivity index (χ0v) is 12.1. The Hall–Kier alpha value is -1.13. The van der Waals surface area contributed by atoms with Crippen molar-refractivity contribution >= 4 is 5.69 Å². The Bertz CT molecular complexity index is 452. The molecule has 1 heterocycles. The highest BCUT2D eigenvalue weighted by Crippen LogP contribution is 2.30. The van der Waals surface area contributed by atoms with Crippen molar-refractivity contribution < 1.29 is 9.13 Å². The lowest BCUT2D eigenvalue weighted by atomic mass is 10.0. The van der Waals surface area contributed by atoms with Gasteiger partial charge in [0.25, 0.3) is 0 Å². The number of nitrogens with two attached hydrogens (primary N) is 1. The van der Waals surface area contributed by atoms with Crippen LogP contribution in [0.2, 0.25) is 0 Å². The molecule has 1 saturated heterocycles. The summed E-state index contributed by atoms with van der Waals surface area (Å²) in [7, 11) is 0. The van der Waals surface area contributed by atoms with Crippen LogP contribution in [0.15, 0.2) is 12.1 Å². The summed E-state index contributed by atoms with van der Waals surface area (Å²) in [5.41, 5.74) is 8.55. The number of nitrogens with zero attached hydrogens (tertiary/aromatic N) is 1. The van der Waals surface area contributed by atoms with Crippen molar-refractivity contribution in [1.29, 1.82) is 0 Å². The van der Waals surface area contributed by atoms with E-state index in [1.54, 1.807) is 13.0 Å². The first kappa shape index (κ1) is 14.3. The van der Waals surface area contributed by atoms with Crippen molar-refractivity contribution in [2.24, 2.45) is 5.73 Å². The third kappa shape index (κ3) is 3.07. The number of benzene rings is 1. The van der Waals surface area contributed by atoms with Crippen molar-refractivity contribution in [1.82, 2.24) is 0 Å². The van der Waals surface area contributed by atoms with Gasteiger partial charge in [-0.15, -0.1) is 0 Å². The van der Waals surface area contributed by atoms with Crippen LogP contribution in [0.4, 0.5) is 10.1 Å². The van der Waals surface area contributed by atoms with Gasteiger partial charge in [-0.1, -0.05) is 0 Å². The molecule has 1 aliphatic rings. The first-order valence-corrected chi connectivity index (χ1v) is 6.84. The zero-order valence-electron chi connectivity index (χ0n) is 12.1. The zero-order chi connectivity index (χ0) is 14.2. The molecule has 19 heavy (non-hydrogen) atoms. The quantitative estimate of drug-likeness (QED) is 0.894. The molecular formula is C15H23FN2O. The maximum atomic E-state index is 13.7. The van der Waals surface area contributed by atoms with Gasteiger partial charge < -0.3 is 15.4 Å². The molecule has 1 fully saturated rings. The number of morpholine rings is 1. The van der Waals surface area contributed by atoms with Crippen LogP contribution < -0.4 is 10.6 Å². The largest absolute Gasteiger partial charge is 0.372 e. The summed E-state index contributed by atoms with van der Waals surface area (Å²) < 4.78 is 19.5. The van der Waals surface area contributed by atoms with E-state index in [-0.39, 0.29) is 24.1 Å². The Morgan fingerprint density at radius 2 is 1.89 bits per heavy atom. The molecule has 4 heteroatoms. The Kier molecular flexibility index (Phi) is 4.11. The number of anilines is 1. The highest BCUT2D eigenvalue weighted by molar-refractivity contribution is 5.57. The average molecular weight is 266 g/mol. The summed E-state index contributed by atoms with van der Waals surface area (Å²) in [5, 5.41) is 0. The van der Waals surface area contributed by atoms with Crippen LogP contribution in [-0.4, -0.2) is 25.3 Å². The van der Waals surface area contributed by atoms with Crippen LogP contribution in [0.5, 0.6) is 0 Å². The van der Waals surface area contributed by atoms with Gasteiger partial charge in [0.15, 0.2) is 0 Å². The maximum Gasteiger partial charge on any atom is 0.126 e. The van der Waals surface area contributed by atoms with E-state index in [2.05, 4.69) is 18.7 Å². The monoisotopic (exact) mass is 266 g/mol. The predicted octanol–water partition coefficient (Wildman–Crippen LogP) is 2.77. The second-order valence-electron chi connectivity index (χ2n) is 5.61. The predicted molar refractivity (Wildman–Crippen MR) is 76.0 cm³/mol. The normalized spacial score (nSPS) is 25.5. The van der Waals surface area contributed by atoms with E-state index in [0.717, 1.165) is 24.3 Å². The van der Waals surface area contributed by atoms with E-state index in [9.17, 15) is 4.39 Å². The van der Waals surface area contributed by atoms with Crippen molar-refractivity contribution in [3.63, 3.8) is 0 Å². The van der Waals surface area contributed by atoms with Crippen LogP contribution in [0, 0.1) is 12.7 Å². The van der Waals surface area contributed by atoms with Crippen molar-refractivity contribution in [2.75, 3.05) is 18.0 Å². The Balaban J connectivity index is 2.40. The van der Waals surface area contributed by atoms with E-state index < -0.39 is 0 Å². The molecule has 0 aromatic heterocycles. The Morgan fingerprint density at radius 3 is 2.42 bits per heavy atom. The summed E-state index contributed by atoms with van der Waals surface area (Å²) in [6.45, 7) is 9.43. The van der Waals surface area contributed by atoms with Crippen LogP contribution in [0.25, 0.3) is 0 Å². The molecule has 106 valence electrons. The molecule has 0 radical (unpaired) electrons. The van der Waals surface area contributed by atoms with Gasteiger partial charge >= 0.3 is 0 Å². The molecule has 1 aromatic carbocycles. The summed E-state index contributed by atoms with van der Waals surface area (Å²) in [5.74, 6) is -0.189. The van der Waals surface area contributed by atoms with Crippen LogP contribution in [-0.2, 0) is 4.74 Å². The van der Waals surface area contributed by atoms with Crippen LogP contribution >= 0.6 is 0 Å². The van der Waals surface area contributed by atoms with Gasteiger partial charge in [-0.05, 0) is 51.0 Å². The van der Waals surface area contributed by atoms with Gasteiger partial charge in [0.05, 0.1) is 12.2 Å². The second kappa shape index (κ2) is 5.47. The van der Waals surface area contributed by atoms with Crippen molar-refractivity contribution in [3.05, 3.63) is 29.1 Å². The highest BCUT2D eigenvalue weighted by atomic mass is 19.1. The standard InChI is InChI=1S/C15H23FN2O/c1-9-5-15(13(12(4)17)6-14(9)16)18-7-10(2)19-11(3)8-18/h5-6,10-12H,7-8,17H2,1-4H3. The van der Waals surface area contributed by atoms with Gasteiger partial charge in [-0.2, -0.15) is 0 Å². The van der Waals surface area contributed by atoms with Crippen LogP contribution in [0.3, 0.4) is 0 Å². The highest BCUT2D eigenvalue weighted by Gasteiger charge is 2.25. The number of hydrogen-bond donors (Lipinski definition) is 1. The van der Waals surface area contributed by atoms with E-state index in [1.165, 1.54) is 0 Å². The van der Waals surface area contributed by atoms with Gasteiger partial charge in [-0.3, -0.25) is 0 Å². The second-order valence-corrected chi connectivity index (χ2v) is 5.61. The fraction of sp³-hybridized carbons (Fsp3) is 0.600. The van der Waals surface area contributed by atoms with Crippen molar-refractivity contribution in [3.8, 4) is 0 Å².